The van der Waals surface area contributed by atoms with Gasteiger partial charge in [-0.2, -0.15) is 9.68 Å². The van der Waals surface area contributed by atoms with Gasteiger partial charge in [-0.3, -0.25) is 0 Å². The second-order valence-electron chi connectivity index (χ2n) is 6.74. The molecule has 0 fully saturated rings. The van der Waals surface area contributed by atoms with Crippen molar-refractivity contribution in [1.29, 1.82) is 0 Å². The van der Waals surface area contributed by atoms with Gasteiger partial charge in [0.1, 0.15) is 26.8 Å². The first-order valence-electron chi connectivity index (χ1n) is 10.0. The highest BCUT2D eigenvalue weighted by molar-refractivity contribution is 4.48. The van der Waals surface area contributed by atoms with Crippen LogP contribution >= 0.6 is 0 Å². The maximum atomic E-state index is 8.89. The zero-order valence-electron chi connectivity index (χ0n) is 16.2. The number of aliphatic hydroxyl groups excluding tert-OH is 2. The Labute approximate surface area is 149 Å². The molecule has 24 heavy (non-hydrogen) atoms. The van der Waals surface area contributed by atoms with E-state index in [0.29, 0.717) is 0 Å². The van der Waals surface area contributed by atoms with E-state index in [-0.39, 0.29) is 31.2 Å². The lowest BCUT2D eigenvalue weighted by Crippen LogP contribution is -2.46. The highest BCUT2D eigenvalue weighted by atomic mass is 17.0. The largest absolute Gasteiger partial charge is 0.394 e. The minimum absolute atomic E-state index is 0.0128. The van der Waals surface area contributed by atoms with Crippen molar-refractivity contribution in [2.24, 2.45) is 0 Å². The summed E-state index contributed by atoms with van der Waals surface area (Å²) in [6.45, 7) is 3.47. The number of hydrogen-bond donors (Lipinski definition) is 2. The normalized spacial score (nSPS) is 12.0. The zero-order chi connectivity index (χ0) is 17.9. The fraction of sp³-hybridized carbons (Fsp3) is 1.00. The van der Waals surface area contributed by atoms with Crippen LogP contribution in [0.1, 0.15) is 84.0 Å². The van der Waals surface area contributed by atoms with Crippen LogP contribution in [0.2, 0.25) is 0 Å². The average molecular weight is 349 g/mol. The maximum absolute atomic E-state index is 8.89. The van der Waals surface area contributed by atoms with Crippen molar-refractivity contribution in [2.45, 2.75) is 84.0 Å². The lowest BCUT2D eigenvalue weighted by molar-refractivity contribution is -1.23. The predicted octanol–water partition coefficient (Wildman–Crippen LogP) is 3.98. The first-order chi connectivity index (χ1) is 11.7. The second kappa shape index (κ2) is 17.6. The van der Waals surface area contributed by atoms with Crippen molar-refractivity contribution in [2.75, 3.05) is 40.0 Å². The summed E-state index contributed by atoms with van der Waals surface area (Å²) in [5.41, 5.74) is 0. The van der Waals surface area contributed by atoms with E-state index in [4.69, 9.17) is 19.9 Å². The molecule has 146 valence electrons. The summed E-state index contributed by atoms with van der Waals surface area (Å²) in [7, 11) is 1.84. The van der Waals surface area contributed by atoms with Crippen LogP contribution in [0.5, 0.6) is 0 Å². The van der Waals surface area contributed by atoms with Crippen LogP contribution in [-0.4, -0.2) is 55.0 Å². The lowest BCUT2D eigenvalue weighted by Gasteiger charge is -2.28. The molecule has 2 N–H and O–H groups in total. The molecule has 0 amide bonds. The number of hydrogen-bond acceptors (Lipinski definition) is 4. The molecule has 0 atom stereocenters. The fourth-order valence-corrected chi connectivity index (χ4v) is 2.87. The van der Waals surface area contributed by atoms with Crippen molar-refractivity contribution in [3.63, 3.8) is 0 Å². The van der Waals surface area contributed by atoms with Gasteiger partial charge in [0.25, 0.3) is 0 Å². The van der Waals surface area contributed by atoms with E-state index in [0.717, 1.165) is 13.0 Å². The molecule has 0 aromatic carbocycles. The van der Waals surface area contributed by atoms with Gasteiger partial charge in [0.05, 0.1) is 13.2 Å². The van der Waals surface area contributed by atoms with E-state index in [1.54, 1.807) is 0 Å². The van der Waals surface area contributed by atoms with Gasteiger partial charge in [0, 0.05) is 6.42 Å². The third kappa shape index (κ3) is 15.3. The number of aliphatic hydroxyl groups is 2. The molecule has 0 aromatic heterocycles. The van der Waals surface area contributed by atoms with Gasteiger partial charge < -0.3 is 10.2 Å². The third-order valence-electron chi connectivity index (χ3n) is 4.33. The fourth-order valence-electron chi connectivity index (χ4n) is 2.87. The molecule has 0 saturated carbocycles. The van der Waals surface area contributed by atoms with Gasteiger partial charge in [0.15, 0.2) is 0 Å². The minimum Gasteiger partial charge on any atom is -0.394 e. The summed E-state index contributed by atoms with van der Waals surface area (Å²) < 4.78 is 0. The summed E-state index contributed by atoms with van der Waals surface area (Å²) in [5.74, 6) is 0. The Bertz CT molecular complexity index is 244. The molecule has 0 bridgehead atoms. The van der Waals surface area contributed by atoms with Crippen molar-refractivity contribution >= 4 is 0 Å². The molecule has 0 radical (unpaired) electrons. The summed E-state index contributed by atoms with van der Waals surface area (Å²) >= 11 is 0. The molecule has 5 heteroatoms. The molecule has 0 aliphatic rings. The molecule has 0 spiro atoms. The number of unbranched alkanes of at least 4 members (excludes halogenated alkanes) is 11. The summed E-state index contributed by atoms with van der Waals surface area (Å²) in [6.07, 6.45) is 15.8. The van der Waals surface area contributed by atoms with Crippen LogP contribution in [-0.2, 0) is 9.68 Å². The molecule has 0 rings (SSSR count). The maximum Gasteiger partial charge on any atom is 0.142 e. The monoisotopic (exact) mass is 348 g/mol. The number of quaternary nitrogens is 1. The van der Waals surface area contributed by atoms with Gasteiger partial charge in [-0.1, -0.05) is 71.1 Å². The van der Waals surface area contributed by atoms with Crippen LogP contribution in [0, 0.1) is 0 Å². The number of nitrogens with zero attached hydrogens (tertiary/aromatic N) is 1. The van der Waals surface area contributed by atoms with Crippen molar-refractivity contribution in [3.05, 3.63) is 0 Å². The summed E-state index contributed by atoms with van der Waals surface area (Å²) in [5, 5.41) is 17.8. The van der Waals surface area contributed by atoms with Crippen LogP contribution in [0.25, 0.3) is 0 Å². The van der Waals surface area contributed by atoms with E-state index in [1.807, 2.05) is 7.05 Å². The van der Waals surface area contributed by atoms with Crippen LogP contribution in [0.4, 0.5) is 0 Å². The van der Waals surface area contributed by atoms with Gasteiger partial charge >= 0.3 is 0 Å². The van der Waals surface area contributed by atoms with E-state index in [1.165, 1.54) is 70.6 Å². The van der Waals surface area contributed by atoms with E-state index in [9.17, 15) is 0 Å². The highest BCUT2D eigenvalue weighted by Crippen LogP contribution is 2.14. The standard InChI is InChI=1S/C19H42NO4/c1-3-4-5-6-7-8-9-10-11-12-13-14-15-20(2,23-18-16-21)24-19-17-22/h21-22H,3-19H2,1-2H3/q+1. The Balaban J connectivity index is 3.50. The Morgan fingerprint density at radius 1 is 0.625 bits per heavy atom. The van der Waals surface area contributed by atoms with Crippen molar-refractivity contribution < 1.29 is 24.7 Å². The first-order valence-corrected chi connectivity index (χ1v) is 10.0. The quantitative estimate of drug-likeness (QED) is 0.211. The highest BCUT2D eigenvalue weighted by Gasteiger charge is 2.25. The average Bonchev–Trinajstić information content (AvgIpc) is 2.59. The van der Waals surface area contributed by atoms with Crippen LogP contribution in [0.15, 0.2) is 0 Å². The first kappa shape index (κ1) is 23.8. The van der Waals surface area contributed by atoms with E-state index < -0.39 is 0 Å². The van der Waals surface area contributed by atoms with Crippen molar-refractivity contribution in [1.82, 2.24) is 0 Å². The van der Waals surface area contributed by atoms with Crippen molar-refractivity contribution in [3.8, 4) is 0 Å². The van der Waals surface area contributed by atoms with Gasteiger partial charge in [-0.05, 0) is 11.2 Å². The lowest BCUT2D eigenvalue weighted by atomic mass is 10.1. The molecule has 5 nitrogen and oxygen atoms in total. The molecule has 0 aliphatic heterocycles. The Morgan fingerprint density at radius 2 is 1.00 bits per heavy atom. The summed E-state index contributed by atoms with van der Waals surface area (Å²) in [4.78, 5) is 11.1. The number of rotatable bonds is 19. The Hall–Kier alpha value is -0.200. The van der Waals surface area contributed by atoms with E-state index in [2.05, 4.69) is 6.92 Å². The predicted molar refractivity (Wildman–Crippen MR) is 98.2 cm³/mol. The van der Waals surface area contributed by atoms with Gasteiger partial charge in [-0.15, -0.1) is 0 Å². The van der Waals surface area contributed by atoms with Gasteiger partial charge in [0.2, 0.25) is 0 Å². The smallest absolute Gasteiger partial charge is 0.142 e. The molecular weight excluding hydrogens is 306 g/mol. The molecule has 0 aliphatic carbocycles. The van der Waals surface area contributed by atoms with Crippen LogP contribution in [0.3, 0.4) is 0 Å². The number of hydroxylamine groups is 4. The van der Waals surface area contributed by atoms with E-state index >= 15 is 0 Å². The van der Waals surface area contributed by atoms with Crippen LogP contribution < -0.4 is 0 Å². The molecule has 0 saturated heterocycles. The Morgan fingerprint density at radius 3 is 1.38 bits per heavy atom. The SMILES string of the molecule is CCCCCCCCCCCCCC[N+](C)(OCCO)OCCO. The minimum atomic E-state index is -0.0191. The molecule has 0 aromatic rings. The molecule has 0 heterocycles. The third-order valence-corrected chi connectivity index (χ3v) is 4.33. The Kier molecular flexibility index (Phi) is 17.5. The topological polar surface area (TPSA) is 58.9 Å². The molecular formula is C19H42NO4+. The summed E-state index contributed by atoms with van der Waals surface area (Å²) in [6, 6.07) is 0. The van der Waals surface area contributed by atoms with Gasteiger partial charge in [-0.25, -0.2) is 0 Å². The second-order valence-corrected chi connectivity index (χ2v) is 6.74. The zero-order valence-corrected chi connectivity index (χ0v) is 16.2. The molecule has 0 unspecified atom stereocenters.